The number of anilines is 2. The Labute approximate surface area is 142 Å². The van der Waals surface area contributed by atoms with Crippen molar-refractivity contribution >= 4 is 31.0 Å². The monoisotopic (exact) mass is 356 g/mol. The number of aliphatic imine (C=N–C) groups is 1. The molecule has 0 heterocycles. The highest BCUT2D eigenvalue weighted by Crippen LogP contribution is 2.43. The van der Waals surface area contributed by atoms with Crippen LogP contribution in [0.1, 0.15) is 20.8 Å². The van der Waals surface area contributed by atoms with E-state index in [4.69, 9.17) is 9.05 Å². The van der Waals surface area contributed by atoms with E-state index in [-0.39, 0.29) is 13.2 Å². The Balaban J connectivity index is 2.72. The second-order valence-electron chi connectivity index (χ2n) is 4.78. The van der Waals surface area contributed by atoms with E-state index in [2.05, 4.69) is 15.4 Å². The van der Waals surface area contributed by atoms with Crippen LogP contribution in [0.4, 0.5) is 16.2 Å². The summed E-state index contributed by atoms with van der Waals surface area (Å²) < 4.78 is 22.2. The minimum Gasteiger partial charge on any atom is -0.334 e. The van der Waals surface area contributed by atoms with Crippen molar-refractivity contribution in [1.29, 1.82) is 0 Å². The van der Waals surface area contributed by atoms with Gasteiger partial charge in [-0.15, -0.1) is 0 Å². The molecule has 1 aromatic rings. The van der Waals surface area contributed by atoms with Gasteiger partial charge in [0.2, 0.25) is 0 Å². The topological polar surface area (TPSA) is 92.3 Å². The van der Waals surface area contributed by atoms with Gasteiger partial charge >= 0.3 is 13.8 Å². The van der Waals surface area contributed by atoms with Crippen molar-refractivity contribution in [3.05, 3.63) is 24.3 Å². The number of hydrogen-bond acceptors (Lipinski definition) is 5. The lowest BCUT2D eigenvalue weighted by molar-refractivity contribution is 0.209. The van der Waals surface area contributed by atoms with Crippen molar-refractivity contribution in [3.8, 4) is 0 Å². The molecule has 1 rings (SSSR count). The quantitative estimate of drug-likeness (QED) is 0.443. The maximum absolute atomic E-state index is 12.2. The molecule has 134 valence electrons. The van der Waals surface area contributed by atoms with Crippen molar-refractivity contribution in [3.63, 3.8) is 0 Å². The van der Waals surface area contributed by atoms with Gasteiger partial charge in [0, 0.05) is 25.5 Å². The van der Waals surface area contributed by atoms with Gasteiger partial charge in [-0.2, -0.15) is 0 Å². The number of amidine groups is 1. The molecule has 0 unspecified atom stereocenters. The summed E-state index contributed by atoms with van der Waals surface area (Å²) in [5, 5.41) is 4.83. The smallest absolute Gasteiger partial charge is 0.334 e. The molecule has 2 N–H and O–H groups in total. The van der Waals surface area contributed by atoms with Crippen LogP contribution in [0.15, 0.2) is 29.3 Å². The Morgan fingerprint density at radius 1 is 1.21 bits per heavy atom. The second kappa shape index (κ2) is 9.42. The summed E-state index contributed by atoms with van der Waals surface area (Å²) in [7, 11) is -0.0168. The lowest BCUT2D eigenvalue weighted by Gasteiger charge is -2.19. The fraction of sp³-hybridized carbons (Fsp3) is 0.467. The minimum atomic E-state index is -3.64. The molecule has 0 aromatic heterocycles. The van der Waals surface area contributed by atoms with E-state index in [9.17, 15) is 9.36 Å². The molecule has 0 spiro atoms. The van der Waals surface area contributed by atoms with E-state index < -0.39 is 13.8 Å². The van der Waals surface area contributed by atoms with Gasteiger partial charge < -0.3 is 10.2 Å². The molecule has 2 amide bonds. The Morgan fingerprint density at radius 3 is 2.21 bits per heavy atom. The molecule has 0 saturated carbocycles. The number of amides is 2. The number of nitrogens with one attached hydrogen (secondary N) is 2. The maximum Gasteiger partial charge on any atom is 0.436 e. The van der Waals surface area contributed by atoms with Gasteiger partial charge in [0.25, 0.3) is 0 Å². The number of rotatable bonds is 7. The predicted molar refractivity (Wildman–Crippen MR) is 96.9 cm³/mol. The van der Waals surface area contributed by atoms with Crippen LogP contribution in [0.5, 0.6) is 0 Å². The Kier molecular flexibility index (Phi) is 7.91. The highest BCUT2D eigenvalue weighted by molar-refractivity contribution is 7.52. The summed E-state index contributed by atoms with van der Waals surface area (Å²) >= 11 is 0. The van der Waals surface area contributed by atoms with Gasteiger partial charge in [-0.1, -0.05) is 0 Å². The summed E-state index contributed by atoms with van der Waals surface area (Å²) in [6.45, 7) is 5.57. The third kappa shape index (κ3) is 5.96. The third-order valence-corrected chi connectivity index (χ3v) is 4.83. The lowest BCUT2D eigenvalue weighted by Crippen LogP contribution is -2.28. The van der Waals surface area contributed by atoms with Crippen LogP contribution < -0.4 is 15.3 Å². The van der Waals surface area contributed by atoms with Gasteiger partial charge in [-0.05, 0) is 45.0 Å². The number of hydrogen-bond donors (Lipinski definition) is 2. The van der Waals surface area contributed by atoms with Gasteiger partial charge in [0.05, 0.1) is 19.0 Å². The van der Waals surface area contributed by atoms with E-state index in [1.54, 1.807) is 33.0 Å². The Hall–Kier alpha value is -1.89. The Bertz CT molecular complexity index is 608. The molecule has 9 heteroatoms. The minimum absolute atomic E-state index is 0.164. The molecular formula is C15H25N4O4P. The van der Waals surface area contributed by atoms with E-state index in [0.717, 1.165) is 11.5 Å². The first-order valence-corrected chi connectivity index (χ1v) is 9.15. The van der Waals surface area contributed by atoms with Gasteiger partial charge in [-0.3, -0.25) is 14.0 Å². The summed E-state index contributed by atoms with van der Waals surface area (Å²) in [4.78, 5) is 18.0. The molecule has 1 aromatic carbocycles. The molecule has 0 radical (unpaired) electrons. The van der Waals surface area contributed by atoms with Crippen LogP contribution >= 0.6 is 7.75 Å². The van der Waals surface area contributed by atoms with Crippen LogP contribution in [0.3, 0.4) is 0 Å². The first-order chi connectivity index (χ1) is 11.3. The highest BCUT2D eigenvalue weighted by Gasteiger charge is 2.26. The average Bonchev–Trinajstić information content (AvgIpc) is 2.54. The van der Waals surface area contributed by atoms with Crippen LogP contribution in [0, 0.1) is 0 Å². The molecule has 24 heavy (non-hydrogen) atoms. The molecule has 0 saturated heterocycles. The van der Waals surface area contributed by atoms with Crippen molar-refractivity contribution in [2.45, 2.75) is 20.8 Å². The number of benzene rings is 1. The highest BCUT2D eigenvalue weighted by atomic mass is 31.2. The van der Waals surface area contributed by atoms with Crippen LogP contribution in [-0.4, -0.2) is 39.2 Å². The van der Waals surface area contributed by atoms with Gasteiger partial charge in [-0.25, -0.2) is 14.4 Å². The molecule has 8 nitrogen and oxygen atoms in total. The summed E-state index contributed by atoms with van der Waals surface area (Å²) in [5.74, 6) is 0.864. The van der Waals surface area contributed by atoms with Crippen LogP contribution in [0.2, 0.25) is 0 Å². The fourth-order valence-electron chi connectivity index (χ4n) is 1.83. The molecule has 0 aliphatic carbocycles. The predicted octanol–water partition coefficient (Wildman–Crippen LogP) is 3.47. The normalized spacial score (nSPS) is 12.0. The Morgan fingerprint density at radius 2 is 1.75 bits per heavy atom. The fourth-order valence-corrected chi connectivity index (χ4v) is 3.02. The average molecular weight is 356 g/mol. The van der Waals surface area contributed by atoms with Crippen molar-refractivity contribution in [2.75, 3.05) is 37.5 Å². The van der Waals surface area contributed by atoms with Crippen LogP contribution in [0.25, 0.3) is 0 Å². The molecule has 0 aliphatic rings. The molecule has 0 bridgehead atoms. The summed E-state index contributed by atoms with van der Waals surface area (Å²) in [6.07, 6.45) is 0. The van der Waals surface area contributed by atoms with Crippen LogP contribution in [-0.2, 0) is 13.6 Å². The third-order valence-electron chi connectivity index (χ3n) is 3.16. The van der Waals surface area contributed by atoms with Crippen molar-refractivity contribution in [2.24, 2.45) is 4.99 Å². The van der Waals surface area contributed by atoms with E-state index in [1.165, 1.54) is 0 Å². The molecular weight excluding hydrogens is 331 g/mol. The number of urea groups is 1. The SMILES string of the molecule is CCOP(=O)(NC(=O)Nc1ccc(N(C)C(C)=NC)cc1)OCC. The van der Waals surface area contributed by atoms with E-state index in [1.807, 2.05) is 31.0 Å². The zero-order chi connectivity index (χ0) is 18.2. The second-order valence-corrected chi connectivity index (χ2v) is 6.51. The zero-order valence-electron chi connectivity index (χ0n) is 14.7. The van der Waals surface area contributed by atoms with E-state index >= 15 is 0 Å². The lowest BCUT2D eigenvalue weighted by atomic mass is 10.2. The van der Waals surface area contributed by atoms with Crippen molar-refractivity contribution < 1.29 is 18.4 Å². The summed E-state index contributed by atoms with van der Waals surface area (Å²) in [6, 6.07) is 6.50. The molecule has 0 atom stereocenters. The standard InChI is InChI=1S/C15H25N4O4P/c1-6-22-24(21,23-7-2)18-15(20)17-13-8-10-14(11-9-13)19(5)12(3)16-4/h8-11H,6-7H2,1-5H3,(H2,17,18,20,21). The first kappa shape index (κ1) is 20.2. The van der Waals surface area contributed by atoms with Crippen molar-refractivity contribution in [1.82, 2.24) is 5.09 Å². The number of carbonyl (C=O) groups is 1. The number of carbonyl (C=O) groups excluding carboxylic acids is 1. The molecule has 0 aliphatic heterocycles. The summed E-state index contributed by atoms with van der Waals surface area (Å²) in [5.41, 5.74) is 1.48. The maximum atomic E-state index is 12.2. The van der Waals surface area contributed by atoms with E-state index in [0.29, 0.717) is 5.69 Å². The zero-order valence-corrected chi connectivity index (χ0v) is 15.6. The number of nitrogens with zero attached hydrogens (tertiary/aromatic N) is 2. The largest absolute Gasteiger partial charge is 0.436 e. The molecule has 0 fully saturated rings. The van der Waals surface area contributed by atoms with Gasteiger partial charge in [0.1, 0.15) is 0 Å². The first-order valence-electron chi connectivity index (χ1n) is 7.60. The van der Waals surface area contributed by atoms with Gasteiger partial charge in [0.15, 0.2) is 0 Å².